The van der Waals surface area contributed by atoms with Crippen molar-refractivity contribution in [3.63, 3.8) is 0 Å². The molecule has 2 heterocycles. The van der Waals surface area contributed by atoms with Gasteiger partial charge in [-0.3, -0.25) is 0 Å². The van der Waals surface area contributed by atoms with E-state index in [0.29, 0.717) is 0 Å². The van der Waals surface area contributed by atoms with Crippen molar-refractivity contribution in [1.82, 2.24) is 4.98 Å². The molecule has 4 nitrogen and oxygen atoms in total. The molecule has 0 unspecified atom stereocenters. The molecule has 2 N–H and O–H groups in total. The first-order valence-corrected chi connectivity index (χ1v) is 9.50. The number of pyridine rings is 1. The average Bonchev–Trinajstić information content (AvgIpc) is 3.15. The Labute approximate surface area is 150 Å². The van der Waals surface area contributed by atoms with Gasteiger partial charge < -0.3 is 15.2 Å². The molecule has 2 aliphatic carbocycles. The molecule has 2 aliphatic rings. The Balaban J connectivity index is 1.79. The predicted molar refractivity (Wildman–Crippen MR) is 102 cm³/mol. The maximum absolute atomic E-state index is 6.65. The second-order valence-corrected chi connectivity index (χ2v) is 7.86. The molecule has 1 aromatic carbocycles. The predicted octanol–water partition coefficient (Wildman–Crippen LogP) is 4.35. The Bertz CT molecular complexity index is 1020. The average molecular weight is 352 g/mol. The van der Waals surface area contributed by atoms with E-state index in [1.54, 1.807) is 25.6 Å². The van der Waals surface area contributed by atoms with E-state index >= 15 is 0 Å². The molecule has 0 spiro atoms. The van der Waals surface area contributed by atoms with Crippen LogP contribution in [0.25, 0.3) is 21.3 Å². The number of thiophene rings is 1. The zero-order chi connectivity index (χ0) is 17.1. The third-order valence-electron chi connectivity index (χ3n) is 5.46. The molecule has 0 atom stereocenters. The van der Waals surface area contributed by atoms with E-state index in [9.17, 15) is 0 Å². The number of aromatic nitrogens is 1. The zero-order valence-corrected chi connectivity index (χ0v) is 15.3. The van der Waals surface area contributed by atoms with Gasteiger partial charge in [-0.1, -0.05) is 0 Å². The van der Waals surface area contributed by atoms with E-state index in [4.69, 9.17) is 20.2 Å². The molecule has 0 radical (unpaired) electrons. The van der Waals surface area contributed by atoms with Crippen LogP contribution in [0.5, 0.6) is 11.5 Å². The minimum atomic E-state index is 0.762. The van der Waals surface area contributed by atoms with Gasteiger partial charge in [-0.05, 0) is 54.5 Å². The highest BCUT2D eigenvalue weighted by Crippen LogP contribution is 2.51. The molecule has 5 heteroatoms. The standard InChI is InChI=1S/C20H20N2O2S/c1-23-14-7-10-8-16-17(12(10)9-15(14)24-2)18-19(21)11-5-3-4-6-13(11)22-20(18)25-16/h7,9H,3-6,8H2,1-2H3,(H2,21,22). The highest BCUT2D eigenvalue weighted by atomic mass is 32.1. The summed E-state index contributed by atoms with van der Waals surface area (Å²) in [6.45, 7) is 0. The van der Waals surface area contributed by atoms with E-state index in [-0.39, 0.29) is 0 Å². The van der Waals surface area contributed by atoms with Crippen molar-refractivity contribution in [3.05, 3.63) is 33.8 Å². The second kappa shape index (κ2) is 5.36. The summed E-state index contributed by atoms with van der Waals surface area (Å²) in [5.74, 6) is 1.54. The molecule has 5 rings (SSSR count). The van der Waals surface area contributed by atoms with Crippen LogP contribution in [0.2, 0.25) is 0 Å². The van der Waals surface area contributed by atoms with Gasteiger partial charge in [0.05, 0.1) is 14.2 Å². The zero-order valence-electron chi connectivity index (χ0n) is 14.4. The maximum atomic E-state index is 6.65. The van der Waals surface area contributed by atoms with Crippen molar-refractivity contribution in [2.75, 3.05) is 20.0 Å². The van der Waals surface area contributed by atoms with Crippen LogP contribution >= 0.6 is 11.3 Å². The summed E-state index contributed by atoms with van der Waals surface area (Å²) in [7, 11) is 3.36. The largest absolute Gasteiger partial charge is 0.493 e. The molecule has 0 aliphatic heterocycles. The minimum absolute atomic E-state index is 0.762. The van der Waals surface area contributed by atoms with Crippen molar-refractivity contribution >= 4 is 27.2 Å². The lowest BCUT2D eigenvalue weighted by molar-refractivity contribution is 0.355. The molecular weight excluding hydrogens is 332 g/mol. The van der Waals surface area contributed by atoms with E-state index in [1.165, 1.54) is 45.7 Å². The Morgan fingerprint density at radius 1 is 1.08 bits per heavy atom. The minimum Gasteiger partial charge on any atom is -0.493 e. The van der Waals surface area contributed by atoms with Crippen molar-refractivity contribution in [3.8, 4) is 22.6 Å². The lowest BCUT2D eigenvalue weighted by Crippen LogP contribution is -2.08. The van der Waals surface area contributed by atoms with Crippen LogP contribution in [0.4, 0.5) is 5.69 Å². The van der Waals surface area contributed by atoms with Crippen molar-refractivity contribution < 1.29 is 9.47 Å². The Morgan fingerprint density at radius 2 is 1.84 bits per heavy atom. The van der Waals surface area contributed by atoms with Crippen LogP contribution in [0.1, 0.15) is 34.5 Å². The number of aryl methyl sites for hydroxylation is 1. The number of methoxy groups -OCH3 is 2. The van der Waals surface area contributed by atoms with Gasteiger partial charge in [0.2, 0.25) is 0 Å². The number of fused-ring (bicyclic) bond motifs is 6. The molecular formula is C20H20N2O2S. The van der Waals surface area contributed by atoms with Gasteiger partial charge in [0, 0.05) is 33.6 Å². The van der Waals surface area contributed by atoms with Crippen LogP contribution in [0, 0.1) is 0 Å². The number of hydrogen-bond donors (Lipinski definition) is 1. The van der Waals surface area contributed by atoms with E-state index in [2.05, 4.69) is 12.1 Å². The van der Waals surface area contributed by atoms with Crippen LogP contribution in [0.15, 0.2) is 12.1 Å². The number of anilines is 1. The fraction of sp³-hybridized carbons (Fsp3) is 0.350. The number of nitrogens with zero attached hydrogens (tertiary/aromatic N) is 1. The first kappa shape index (κ1) is 15.0. The van der Waals surface area contributed by atoms with Gasteiger partial charge >= 0.3 is 0 Å². The van der Waals surface area contributed by atoms with Crippen LogP contribution in [-0.4, -0.2) is 19.2 Å². The lowest BCUT2D eigenvalue weighted by atomic mass is 9.92. The number of nitrogens with two attached hydrogens (primary N) is 1. The van der Waals surface area contributed by atoms with Gasteiger partial charge in [-0.2, -0.15) is 0 Å². The molecule has 0 fully saturated rings. The summed E-state index contributed by atoms with van der Waals surface area (Å²) >= 11 is 1.78. The summed E-state index contributed by atoms with van der Waals surface area (Å²) in [6, 6.07) is 4.18. The molecule has 3 aromatic rings. The number of nitrogen functional groups attached to an aromatic ring is 1. The monoisotopic (exact) mass is 352 g/mol. The van der Waals surface area contributed by atoms with Crippen LogP contribution < -0.4 is 15.2 Å². The Morgan fingerprint density at radius 3 is 2.64 bits per heavy atom. The summed E-state index contributed by atoms with van der Waals surface area (Å²) in [6.07, 6.45) is 5.44. The third-order valence-corrected chi connectivity index (χ3v) is 6.55. The van der Waals surface area contributed by atoms with Crippen LogP contribution in [0.3, 0.4) is 0 Å². The molecule has 128 valence electrons. The quantitative estimate of drug-likeness (QED) is 0.583. The summed E-state index contributed by atoms with van der Waals surface area (Å²) in [5.41, 5.74) is 13.8. The fourth-order valence-electron chi connectivity index (χ4n) is 4.25. The van der Waals surface area contributed by atoms with Gasteiger partial charge in [-0.25, -0.2) is 4.98 Å². The molecule has 0 amide bonds. The smallest absolute Gasteiger partial charge is 0.161 e. The Hall–Kier alpha value is -2.27. The molecule has 0 saturated carbocycles. The Kier molecular flexibility index (Phi) is 3.22. The summed E-state index contributed by atoms with van der Waals surface area (Å²) in [5, 5.41) is 1.15. The van der Waals surface area contributed by atoms with Crippen molar-refractivity contribution in [2.45, 2.75) is 32.1 Å². The normalized spacial score (nSPS) is 15.0. The second-order valence-electron chi connectivity index (χ2n) is 6.78. The topological polar surface area (TPSA) is 57.4 Å². The first-order chi connectivity index (χ1) is 12.2. The third kappa shape index (κ3) is 2.02. The van der Waals surface area contributed by atoms with Crippen molar-refractivity contribution in [2.24, 2.45) is 0 Å². The fourth-order valence-corrected chi connectivity index (χ4v) is 5.50. The van der Waals surface area contributed by atoms with Crippen LogP contribution in [-0.2, 0) is 19.3 Å². The number of benzene rings is 1. The van der Waals surface area contributed by atoms with Gasteiger partial charge in [0.25, 0.3) is 0 Å². The van der Waals surface area contributed by atoms with E-state index in [1.807, 2.05) is 0 Å². The highest BCUT2D eigenvalue weighted by molar-refractivity contribution is 7.19. The molecule has 25 heavy (non-hydrogen) atoms. The first-order valence-electron chi connectivity index (χ1n) is 8.69. The SMILES string of the molecule is COc1cc2c(cc1OC)-c1c(sc3nc4c(c(N)c13)CCCC4)C2. The maximum Gasteiger partial charge on any atom is 0.161 e. The molecule has 0 bridgehead atoms. The molecule has 0 saturated heterocycles. The van der Waals surface area contributed by atoms with Crippen molar-refractivity contribution in [1.29, 1.82) is 0 Å². The summed E-state index contributed by atoms with van der Waals surface area (Å²) < 4.78 is 11.0. The number of rotatable bonds is 2. The highest BCUT2D eigenvalue weighted by Gasteiger charge is 2.29. The molecule has 2 aromatic heterocycles. The number of hydrogen-bond acceptors (Lipinski definition) is 5. The van der Waals surface area contributed by atoms with Gasteiger partial charge in [0.1, 0.15) is 4.83 Å². The van der Waals surface area contributed by atoms with E-state index < -0.39 is 0 Å². The lowest BCUT2D eigenvalue weighted by Gasteiger charge is -2.18. The van der Waals surface area contributed by atoms with Gasteiger partial charge in [-0.15, -0.1) is 11.3 Å². The van der Waals surface area contributed by atoms with Gasteiger partial charge in [0.15, 0.2) is 11.5 Å². The summed E-state index contributed by atoms with van der Waals surface area (Å²) in [4.78, 5) is 7.41. The van der Waals surface area contributed by atoms with E-state index in [0.717, 1.165) is 46.7 Å². The number of ether oxygens (including phenoxy) is 2.